The average molecular weight is 98.2 g/mol. The lowest BCUT2D eigenvalue weighted by Crippen LogP contribution is -1.72. The summed E-state index contributed by atoms with van der Waals surface area (Å²) in [7, 11) is 0. The van der Waals surface area contributed by atoms with Gasteiger partial charge in [-0.25, -0.2) is 0 Å². The summed E-state index contributed by atoms with van der Waals surface area (Å²) in [5, 5.41) is 0. The summed E-state index contributed by atoms with van der Waals surface area (Å²) >= 11 is 0. The Balaban J connectivity index is 1.80. The average Bonchev–Trinajstić information content (AvgIpc) is 2.42. The van der Waals surface area contributed by atoms with Crippen LogP contribution in [0.5, 0.6) is 0 Å². The maximum atomic E-state index is 2.27. The third-order valence-corrected chi connectivity index (χ3v) is 1.66. The molecule has 42 valence electrons. The minimum Gasteiger partial charge on any atom is -0.0654 e. The zero-order valence-electron chi connectivity index (χ0n) is 5.11. The maximum Gasteiger partial charge on any atom is -0.0414 e. The molecule has 0 atom stereocenters. The lowest BCUT2D eigenvalue weighted by molar-refractivity contribution is 0.654. The van der Waals surface area contributed by atoms with Crippen LogP contribution < -0.4 is 0 Å². The lowest BCUT2D eigenvalue weighted by Gasteiger charge is -1.88. The van der Waals surface area contributed by atoms with E-state index >= 15 is 0 Å². The van der Waals surface area contributed by atoms with Gasteiger partial charge in [0.25, 0.3) is 0 Å². The van der Waals surface area contributed by atoms with Crippen molar-refractivity contribution < 1.29 is 0 Å². The quantitative estimate of drug-likeness (QED) is 0.509. The normalized spacial score (nSPS) is 20.1. The number of unbranched alkanes of at least 4 members (excludes halogenated alkanes) is 1. The highest BCUT2D eigenvalue weighted by Crippen LogP contribution is 2.33. The van der Waals surface area contributed by atoms with Gasteiger partial charge in [0.05, 0.1) is 0 Å². The van der Waals surface area contributed by atoms with Gasteiger partial charge in [-0.2, -0.15) is 0 Å². The number of hydrogen-bond acceptors (Lipinski definition) is 0. The smallest absolute Gasteiger partial charge is 0.0414 e. The zero-order valence-corrected chi connectivity index (χ0v) is 5.11. The SMILES string of the molecule is CCCCC1CC1. The van der Waals surface area contributed by atoms with Gasteiger partial charge in [0.2, 0.25) is 0 Å². The van der Waals surface area contributed by atoms with Gasteiger partial charge in [-0.1, -0.05) is 39.0 Å². The Kier molecular flexibility index (Phi) is 1.72. The standard InChI is InChI=1S/C7H14/c1-2-3-4-7-5-6-7/h7H,2-6H2,1H3. The van der Waals surface area contributed by atoms with Crippen molar-refractivity contribution in [3.8, 4) is 0 Å². The van der Waals surface area contributed by atoms with Crippen molar-refractivity contribution in [2.75, 3.05) is 0 Å². The summed E-state index contributed by atoms with van der Waals surface area (Å²) < 4.78 is 0. The first-order chi connectivity index (χ1) is 3.43. The highest BCUT2D eigenvalue weighted by Gasteiger charge is 2.19. The molecular formula is C7H14. The Morgan fingerprint density at radius 3 is 2.57 bits per heavy atom. The van der Waals surface area contributed by atoms with Crippen molar-refractivity contribution in [1.29, 1.82) is 0 Å². The van der Waals surface area contributed by atoms with Gasteiger partial charge >= 0.3 is 0 Å². The first kappa shape index (κ1) is 5.14. The molecule has 0 heterocycles. The van der Waals surface area contributed by atoms with E-state index in [0.29, 0.717) is 0 Å². The minimum absolute atomic E-state index is 1.15. The molecule has 1 rings (SSSR count). The number of rotatable bonds is 3. The van der Waals surface area contributed by atoms with E-state index in [2.05, 4.69) is 6.92 Å². The van der Waals surface area contributed by atoms with Crippen molar-refractivity contribution >= 4 is 0 Å². The fourth-order valence-corrected chi connectivity index (χ4v) is 0.899. The molecule has 1 aliphatic rings. The Bertz CT molecular complexity index is 44.0. The molecule has 0 saturated heterocycles. The van der Waals surface area contributed by atoms with Crippen LogP contribution in [0.15, 0.2) is 0 Å². The summed E-state index contributed by atoms with van der Waals surface area (Å²) in [6, 6.07) is 0. The van der Waals surface area contributed by atoms with E-state index in [1.165, 1.54) is 32.1 Å². The monoisotopic (exact) mass is 98.1 g/mol. The predicted molar refractivity (Wildman–Crippen MR) is 32.2 cm³/mol. The van der Waals surface area contributed by atoms with Gasteiger partial charge in [0.1, 0.15) is 0 Å². The molecule has 0 heteroatoms. The minimum atomic E-state index is 1.15. The van der Waals surface area contributed by atoms with Crippen LogP contribution in [0.3, 0.4) is 0 Å². The predicted octanol–water partition coefficient (Wildman–Crippen LogP) is 2.59. The van der Waals surface area contributed by atoms with Gasteiger partial charge in [0, 0.05) is 0 Å². The molecule has 0 radical (unpaired) electrons. The Morgan fingerprint density at radius 2 is 2.14 bits per heavy atom. The second kappa shape index (κ2) is 2.34. The third-order valence-electron chi connectivity index (χ3n) is 1.66. The first-order valence-corrected chi connectivity index (χ1v) is 3.43. The molecule has 1 aliphatic carbocycles. The van der Waals surface area contributed by atoms with Gasteiger partial charge in [-0.3, -0.25) is 0 Å². The molecule has 0 unspecified atom stereocenters. The second-order valence-electron chi connectivity index (χ2n) is 2.59. The lowest BCUT2D eigenvalue weighted by atomic mass is 10.2. The molecule has 0 N–H and O–H groups in total. The van der Waals surface area contributed by atoms with Crippen molar-refractivity contribution in [1.82, 2.24) is 0 Å². The Labute approximate surface area is 45.9 Å². The molecule has 0 aromatic rings. The van der Waals surface area contributed by atoms with Crippen LogP contribution in [0.2, 0.25) is 0 Å². The topological polar surface area (TPSA) is 0 Å². The summed E-state index contributed by atoms with van der Waals surface area (Å²) in [5.74, 6) is 1.15. The van der Waals surface area contributed by atoms with Crippen molar-refractivity contribution in [2.24, 2.45) is 5.92 Å². The summed E-state index contributed by atoms with van der Waals surface area (Å²) in [6.07, 6.45) is 7.41. The Morgan fingerprint density at radius 1 is 1.43 bits per heavy atom. The number of hydrogen-bond donors (Lipinski definition) is 0. The van der Waals surface area contributed by atoms with E-state index in [-0.39, 0.29) is 0 Å². The summed E-state index contributed by atoms with van der Waals surface area (Å²) in [6.45, 7) is 2.27. The molecule has 7 heavy (non-hydrogen) atoms. The van der Waals surface area contributed by atoms with Crippen LogP contribution in [-0.4, -0.2) is 0 Å². The van der Waals surface area contributed by atoms with Crippen molar-refractivity contribution in [3.05, 3.63) is 0 Å². The van der Waals surface area contributed by atoms with Crippen LogP contribution in [0.25, 0.3) is 0 Å². The van der Waals surface area contributed by atoms with Gasteiger partial charge in [-0.05, 0) is 5.92 Å². The second-order valence-corrected chi connectivity index (χ2v) is 2.59. The fraction of sp³-hybridized carbons (Fsp3) is 1.00. The van der Waals surface area contributed by atoms with Crippen molar-refractivity contribution in [2.45, 2.75) is 39.0 Å². The van der Waals surface area contributed by atoms with E-state index in [1.807, 2.05) is 0 Å². The van der Waals surface area contributed by atoms with Crippen LogP contribution in [0, 0.1) is 5.92 Å². The molecule has 1 fully saturated rings. The molecule has 0 aliphatic heterocycles. The fourth-order valence-electron chi connectivity index (χ4n) is 0.899. The first-order valence-electron chi connectivity index (χ1n) is 3.43. The Hall–Kier alpha value is 0. The van der Waals surface area contributed by atoms with Crippen molar-refractivity contribution in [3.63, 3.8) is 0 Å². The van der Waals surface area contributed by atoms with Crippen LogP contribution in [0.1, 0.15) is 39.0 Å². The molecule has 0 aromatic carbocycles. The molecule has 0 spiro atoms. The van der Waals surface area contributed by atoms with E-state index in [9.17, 15) is 0 Å². The van der Waals surface area contributed by atoms with E-state index in [0.717, 1.165) is 5.92 Å². The molecule has 1 saturated carbocycles. The maximum absolute atomic E-state index is 2.27. The largest absolute Gasteiger partial charge is 0.0654 e. The molecule has 0 amide bonds. The summed E-state index contributed by atoms with van der Waals surface area (Å²) in [4.78, 5) is 0. The van der Waals surface area contributed by atoms with E-state index in [1.54, 1.807) is 0 Å². The molecule has 0 aromatic heterocycles. The van der Waals surface area contributed by atoms with Gasteiger partial charge in [-0.15, -0.1) is 0 Å². The molecule has 0 nitrogen and oxygen atoms in total. The molecular weight excluding hydrogens is 84.1 g/mol. The summed E-state index contributed by atoms with van der Waals surface area (Å²) in [5.41, 5.74) is 0. The highest BCUT2D eigenvalue weighted by atomic mass is 14.2. The van der Waals surface area contributed by atoms with Crippen LogP contribution >= 0.6 is 0 Å². The van der Waals surface area contributed by atoms with Crippen LogP contribution in [0.4, 0.5) is 0 Å². The van der Waals surface area contributed by atoms with E-state index < -0.39 is 0 Å². The van der Waals surface area contributed by atoms with Crippen LogP contribution in [-0.2, 0) is 0 Å². The molecule has 0 bridgehead atoms. The zero-order chi connectivity index (χ0) is 5.11. The van der Waals surface area contributed by atoms with Gasteiger partial charge in [0.15, 0.2) is 0 Å². The van der Waals surface area contributed by atoms with E-state index in [4.69, 9.17) is 0 Å². The third kappa shape index (κ3) is 1.96. The van der Waals surface area contributed by atoms with Gasteiger partial charge < -0.3 is 0 Å². The highest BCUT2D eigenvalue weighted by molar-refractivity contribution is 4.71.